The summed E-state index contributed by atoms with van der Waals surface area (Å²) in [6, 6.07) is 12.4. The van der Waals surface area contributed by atoms with Gasteiger partial charge in [0, 0.05) is 6.20 Å². The molecule has 3 aromatic rings. The van der Waals surface area contributed by atoms with Gasteiger partial charge in [0.1, 0.15) is 11.5 Å². The predicted molar refractivity (Wildman–Crippen MR) is 114 cm³/mol. The number of benzene rings is 2. The Morgan fingerprint density at radius 1 is 0.750 bits per heavy atom. The van der Waals surface area contributed by atoms with Crippen LogP contribution in [0, 0.1) is 13.8 Å². The van der Waals surface area contributed by atoms with Crippen LogP contribution in [0.3, 0.4) is 0 Å². The lowest BCUT2D eigenvalue weighted by Crippen LogP contribution is -2.00. The molecule has 4 nitrogen and oxygen atoms in total. The van der Waals surface area contributed by atoms with E-state index in [9.17, 15) is 0 Å². The zero-order valence-electron chi connectivity index (χ0n) is 17.4. The average Bonchev–Trinajstić information content (AvgIpc) is 2.72. The van der Waals surface area contributed by atoms with Gasteiger partial charge in [-0.25, -0.2) is 4.98 Å². The monoisotopic (exact) mass is 377 g/mol. The van der Waals surface area contributed by atoms with Gasteiger partial charge >= 0.3 is 0 Å². The standard InChI is InChI=1S/C24H27NO3/c1-7-17-14-25-24(28-6)23(19-9-11-21(27-5)16(3)13-19)22(17)18-8-10-20(26-4)15(2)12-18/h8-14H,7H2,1-6H3. The van der Waals surface area contributed by atoms with Gasteiger partial charge in [0.05, 0.1) is 26.9 Å². The third-order valence-corrected chi connectivity index (χ3v) is 5.06. The molecule has 0 saturated carbocycles. The zero-order valence-corrected chi connectivity index (χ0v) is 17.4. The highest BCUT2D eigenvalue weighted by Crippen LogP contribution is 2.42. The van der Waals surface area contributed by atoms with E-state index in [-0.39, 0.29) is 0 Å². The number of aryl methyl sites for hydroxylation is 3. The summed E-state index contributed by atoms with van der Waals surface area (Å²) in [5.74, 6) is 2.36. The molecule has 28 heavy (non-hydrogen) atoms. The van der Waals surface area contributed by atoms with Crippen molar-refractivity contribution in [1.82, 2.24) is 4.98 Å². The van der Waals surface area contributed by atoms with Gasteiger partial charge < -0.3 is 14.2 Å². The summed E-state index contributed by atoms with van der Waals surface area (Å²) in [5.41, 5.74) is 7.66. The van der Waals surface area contributed by atoms with Crippen molar-refractivity contribution in [2.75, 3.05) is 21.3 Å². The molecule has 146 valence electrons. The number of nitrogens with zero attached hydrogens (tertiary/aromatic N) is 1. The van der Waals surface area contributed by atoms with Crippen LogP contribution in [-0.2, 0) is 6.42 Å². The van der Waals surface area contributed by atoms with Crippen LogP contribution < -0.4 is 14.2 Å². The second-order valence-electron chi connectivity index (χ2n) is 6.77. The fourth-order valence-corrected chi connectivity index (χ4v) is 3.62. The van der Waals surface area contributed by atoms with Gasteiger partial charge in [0.15, 0.2) is 0 Å². The Bertz CT molecular complexity index is 915. The molecule has 0 saturated heterocycles. The van der Waals surface area contributed by atoms with Gasteiger partial charge in [-0.1, -0.05) is 19.1 Å². The van der Waals surface area contributed by atoms with E-state index in [1.54, 1.807) is 21.3 Å². The van der Waals surface area contributed by atoms with E-state index < -0.39 is 0 Å². The molecule has 0 aliphatic carbocycles. The Morgan fingerprint density at radius 2 is 1.29 bits per heavy atom. The molecule has 0 amide bonds. The molecule has 0 fully saturated rings. The maximum Gasteiger partial charge on any atom is 0.221 e. The molecular weight excluding hydrogens is 350 g/mol. The van der Waals surface area contributed by atoms with Crippen LogP contribution in [0.15, 0.2) is 42.6 Å². The van der Waals surface area contributed by atoms with E-state index in [0.29, 0.717) is 5.88 Å². The molecule has 0 N–H and O–H groups in total. The van der Waals surface area contributed by atoms with Gasteiger partial charge in [0.25, 0.3) is 0 Å². The summed E-state index contributed by atoms with van der Waals surface area (Å²) in [5, 5.41) is 0. The summed E-state index contributed by atoms with van der Waals surface area (Å²) in [6.07, 6.45) is 2.78. The quantitative estimate of drug-likeness (QED) is 0.559. The van der Waals surface area contributed by atoms with Crippen LogP contribution in [0.4, 0.5) is 0 Å². The second-order valence-corrected chi connectivity index (χ2v) is 6.77. The van der Waals surface area contributed by atoms with Crippen molar-refractivity contribution in [2.24, 2.45) is 0 Å². The highest BCUT2D eigenvalue weighted by molar-refractivity contribution is 5.89. The summed E-state index contributed by atoms with van der Waals surface area (Å²) in [6.45, 7) is 6.25. The Hall–Kier alpha value is -3.01. The molecule has 3 rings (SSSR count). The van der Waals surface area contributed by atoms with E-state index in [0.717, 1.165) is 51.3 Å². The van der Waals surface area contributed by atoms with Crippen LogP contribution in [0.25, 0.3) is 22.3 Å². The van der Waals surface area contributed by atoms with Crippen molar-refractivity contribution < 1.29 is 14.2 Å². The van der Waals surface area contributed by atoms with Crippen molar-refractivity contribution in [3.8, 4) is 39.6 Å². The van der Waals surface area contributed by atoms with Crippen molar-refractivity contribution in [1.29, 1.82) is 0 Å². The third kappa shape index (κ3) is 3.55. The number of pyridine rings is 1. The fraction of sp³-hybridized carbons (Fsp3) is 0.292. The Kier molecular flexibility index (Phi) is 5.88. The molecular formula is C24H27NO3. The van der Waals surface area contributed by atoms with Crippen molar-refractivity contribution in [3.05, 3.63) is 59.3 Å². The maximum atomic E-state index is 5.67. The lowest BCUT2D eigenvalue weighted by atomic mass is 9.90. The lowest BCUT2D eigenvalue weighted by Gasteiger charge is -2.19. The summed E-state index contributed by atoms with van der Waals surface area (Å²) in [4.78, 5) is 4.58. The third-order valence-electron chi connectivity index (χ3n) is 5.06. The fourth-order valence-electron chi connectivity index (χ4n) is 3.62. The van der Waals surface area contributed by atoms with Gasteiger partial charge in [-0.3, -0.25) is 0 Å². The number of hydrogen-bond acceptors (Lipinski definition) is 4. The van der Waals surface area contributed by atoms with E-state index in [4.69, 9.17) is 14.2 Å². The van der Waals surface area contributed by atoms with Crippen LogP contribution in [-0.4, -0.2) is 26.3 Å². The van der Waals surface area contributed by atoms with E-state index in [2.05, 4.69) is 43.1 Å². The van der Waals surface area contributed by atoms with Gasteiger partial charge in [0.2, 0.25) is 5.88 Å². The Morgan fingerprint density at radius 3 is 1.71 bits per heavy atom. The first-order valence-electron chi connectivity index (χ1n) is 9.39. The average molecular weight is 377 g/mol. The van der Waals surface area contributed by atoms with Gasteiger partial charge in [-0.2, -0.15) is 0 Å². The summed E-state index contributed by atoms with van der Waals surface area (Å²) in [7, 11) is 5.05. The molecule has 0 bridgehead atoms. The number of rotatable bonds is 6. The normalized spacial score (nSPS) is 10.6. The number of aromatic nitrogens is 1. The minimum Gasteiger partial charge on any atom is -0.496 e. The smallest absolute Gasteiger partial charge is 0.221 e. The SMILES string of the molecule is CCc1cnc(OC)c(-c2ccc(OC)c(C)c2)c1-c1ccc(OC)c(C)c1. The molecule has 1 aromatic heterocycles. The highest BCUT2D eigenvalue weighted by atomic mass is 16.5. The first-order chi connectivity index (χ1) is 13.5. The lowest BCUT2D eigenvalue weighted by molar-refractivity contribution is 0.399. The van der Waals surface area contributed by atoms with E-state index in [1.807, 2.05) is 25.3 Å². The molecule has 1 heterocycles. The van der Waals surface area contributed by atoms with Gasteiger partial charge in [-0.05, 0) is 77.9 Å². The maximum absolute atomic E-state index is 5.67. The highest BCUT2D eigenvalue weighted by Gasteiger charge is 2.19. The Balaban J connectivity index is 2.32. The van der Waals surface area contributed by atoms with Gasteiger partial charge in [-0.15, -0.1) is 0 Å². The van der Waals surface area contributed by atoms with Crippen LogP contribution >= 0.6 is 0 Å². The predicted octanol–water partition coefficient (Wildman–Crippen LogP) is 5.62. The first-order valence-corrected chi connectivity index (χ1v) is 9.39. The molecule has 2 aromatic carbocycles. The van der Waals surface area contributed by atoms with Crippen molar-refractivity contribution >= 4 is 0 Å². The Labute approximate surface area is 167 Å². The summed E-state index contributed by atoms with van der Waals surface area (Å²) >= 11 is 0. The topological polar surface area (TPSA) is 40.6 Å². The molecule has 0 aliphatic rings. The molecule has 0 aliphatic heterocycles. The molecule has 0 unspecified atom stereocenters. The number of methoxy groups -OCH3 is 3. The minimum absolute atomic E-state index is 0.616. The minimum atomic E-state index is 0.616. The number of hydrogen-bond donors (Lipinski definition) is 0. The first kappa shape index (κ1) is 19.7. The largest absolute Gasteiger partial charge is 0.496 e. The van der Waals surface area contributed by atoms with E-state index >= 15 is 0 Å². The molecule has 0 atom stereocenters. The zero-order chi connectivity index (χ0) is 20.3. The number of ether oxygens (including phenoxy) is 3. The van der Waals surface area contributed by atoms with Crippen molar-refractivity contribution in [3.63, 3.8) is 0 Å². The second kappa shape index (κ2) is 8.34. The van der Waals surface area contributed by atoms with Crippen molar-refractivity contribution in [2.45, 2.75) is 27.2 Å². The molecule has 0 radical (unpaired) electrons. The van der Waals surface area contributed by atoms with E-state index in [1.165, 1.54) is 5.56 Å². The van der Waals surface area contributed by atoms with Crippen LogP contribution in [0.1, 0.15) is 23.6 Å². The van der Waals surface area contributed by atoms with Crippen LogP contribution in [0.2, 0.25) is 0 Å². The van der Waals surface area contributed by atoms with Crippen LogP contribution in [0.5, 0.6) is 17.4 Å². The molecule has 4 heteroatoms. The summed E-state index contributed by atoms with van der Waals surface area (Å²) < 4.78 is 16.5. The molecule has 0 spiro atoms.